The van der Waals surface area contributed by atoms with Gasteiger partial charge < -0.3 is 5.11 Å². The van der Waals surface area contributed by atoms with E-state index in [0.29, 0.717) is 13.0 Å². The first-order chi connectivity index (χ1) is 6.11. The molecule has 1 rings (SSSR count). The van der Waals surface area contributed by atoms with Crippen molar-refractivity contribution in [2.45, 2.75) is 25.4 Å². The van der Waals surface area contributed by atoms with Crippen LogP contribution in [-0.4, -0.2) is 34.0 Å². The third kappa shape index (κ3) is 2.46. The maximum Gasteiger partial charge on any atom is 0.406 e. The van der Waals surface area contributed by atoms with Gasteiger partial charge in [-0.05, 0) is 19.3 Å². The number of nitrogens with zero attached hydrogens (tertiary/aromatic N) is 2. The van der Waals surface area contributed by atoms with E-state index in [4.69, 9.17) is 5.11 Å². The van der Waals surface area contributed by atoms with Gasteiger partial charge in [-0.2, -0.15) is 0 Å². The minimum atomic E-state index is -1.22. The Labute approximate surface area is 74.4 Å². The monoisotopic (exact) mass is 189 g/mol. The Morgan fingerprint density at radius 1 is 1.62 bits per heavy atom. The van der Waals surface area contributed by atoms with E-state index < -0.39 is 17.3 Å². The second-order valence-electron chi connectivity index (χ2n) is 2.86. The van der Waals surface area contributed by atoms with E-state index in [9.17, 15) is 14.9 Å². The minimum absolute atomic E-state index is 0.304. The maximum atomic E-state index is 10.4. The van der Waals surface area contributed by atoms with Crippen molar-refractivity contribution in [3.63, 3.8) is 0 Å². The Morgan fingerprint density at radius 3 is 2.85 bits per heavy atom. The normalized spacial score (nSPS) is 22.5. The number of carboxylic acid groups (broad SMARTS) is 1. The molecule has 0 aromatic rings. The molecule has 1 aliphatic rings. The molecule has 1 saturated heterocycles. The van der Waals surface area contributed by atoms with Crippen LogP contribution in [0.25, 0.3) is 0 Å². The van der Waals surface area contributed by atoms with Gasteiger partial charge in [0.05, 0.1) is 6.54 Å². The zero-order valence-electron chi connectivity index (χ0n) is 6.97. The Balaban J connectivity index is 2.56. The lowest BCUT2D eigenvalue weighted by Gasteiger charge is -2.28. The van der Waals surface area contributed by atoms with Crippen LogP contribution < -0.4 is 5.32 Å². The Hall–Kier alpha value is -1.53. The average molecular weight is 189 g/mol. The molecular weight excluding hydrogens is 178 g/mol. The minimum Gasteiger partial charge on any atom is -0.465 e. The molecule has 0 aliphatic carbocycles. The number of amides is 1. The summed E-state index contributed by atoms with van der Waals surface area (Å²) in [6.45, 7) is 0.304. The molecule has 2 N–H and O–H groups in total. The molecule has 1 amide bonds. The van der Waals surface area contributed by atoms with Gasteiger partial charge in [-0.3, -0.25) is 5.32 Å². The fourth-order valence-corrected chi connectivity index (χ4v) is 1.40. The zero-order chi connectivity index (χ0) is 9.84. The molecule has 0 spiro atoms. The molecular formula is C6H11N3O4. The van der Waals surface area contributed by atoms with Gasteiger partial charge in [0.25, 0.3) is 0 Å². The predicted octanol–water partition coefficient (Wildman–Crippen LogP) is 0.258. The summed E-state index contributed by atoms with van der Waals surface area (Å²) in [7, 11) is 0. The van der Waals surface area contributed by atoms with Gasteiger partial charge in [-0.1, -0.05) is 0 Å². The van der Waals surface area contributed by atoms with Crippen molar-refractivity contribution in [3.05, 3.63) is 10.1 Å². The highest BCUT2D eigenvalue weighted by Crippen LogP contribution is 2.14. The summed E-state index contributed by atoms with van der Waals surface area (Å²) in [5.74, 6) is 0. The van der Waals surface area contributed by atoms with Crippen molar-refractivity contribution < 1.29 is 14.9 Å². The first kappa shape index (κ1) is 9.56. The Bertz CT molecular complexity index is 220. The molecule has 7 heteroatoms. The summed E-state index contributed by atoms with van der Waals surface area (Å²) in [5, 5.41) is 21.3. The highest BCUT2D eigenvalue weighted by molar-refractivity contribution is 5.64. The molecule has 74 valence electrons. The fraction of sp³-hybridized carbons (Fsp3) is 0.833. The van der Waals surface area contributed by atoms with E-state index in [1.54, 1.807) is 0 Å². The first-order valence-corrected chi connectivity index (χ1v) is 4.01. The maximum absolute atomic E-state index is 10.4. The number of hydrazine groups is 1. The van der Waals surface area contributed by atoms with E-state index >= 15 is 0 Å². The van der Waals surface area contributed by atoms with Gasteiger partial charge in [-0.25, -0.2) is 14.9 Å². The summed E-state index contributed by atoms with van der Waals surface area (Å²) in [4.78, 5) is 20.7. The first-order valence-electron chi connectivity index (χ1n) is 4.01. The van der Waals surface area contributed by atoms with Gasteiger partial charge >= 0.3 is 6.09 Å². The summed E-state index contributed by atoms with van der Waals surface area (Å²) in [6, 6.07) is 0. The second-order valence-corrected chi connectivity index (χ2v) is 2.86. The van der Waals surface area contributed by atoms with Crippen LogP contribution in [0, 0.1) is 10.1 Å². The Kier molecular flexibility index (Phi) is 2.88. The zero-order valence-corrected chi connectivity index (χ0v) is 6.97. The number of rotatable bonds is 2. The SMILES string of the molecule is O=C(O)NC1CCCCN1[N+](=O)[O-]. The molecule has 1 atom stereocenters. The van der Waals surface area contributed by atoms with Gasteiger partial charge in [0.2, 0.25) is 0 Å². The standard InChI is InChI=1S/C6H11N3O4/c10-6(11)7-5-3-1-2-4-8(5)9(12)13/h5,7H,1-4H2,(H,10,11). The van der Waals surface area contributed by atoms with Crippen molar-refractivity contribution in [1.29, 1.82) is 0 Å². The van der Waals surface area contributed by atoms with Gasteiger partial charge in [0.1, 0.15) is 0 Å². The van der Waals surface area contributed by atoms with Crippen LogP contribution in [0.4, 0.5) is 4.79 Å². The molecule has 1 heterocycles. The van der Waals surface area contributed by atoms with Gasteiger partial charge in [0.15, 0.2) is 11.2 Å². The van der Waals surface area contributed by atoms with E-state index in [-0.39, 0.29) is 0 Å². The van der Waals surface area contributed by atoms with Crippen molar-refractivity contribution in [2.75, 3.05) is 6.54 Å². The van der Waals surface area contributed by atoms with Crippen molar-refractivity contribution >= 4 is 6.09 Å². The summed E-state index contributed by atoms with van der Waals surface area (Å²) >= 11 is 0. The quantitative estimate of drug-likeness (QED) is 0.479. The van der Waals surface area contributed by atoms with Crippen molar-refractivity contribution in [3.8, 4) is 0 Å². The molecule has 1 fully saturated rings. The van der Waals surface area contributed by atoms with Crippen molar-refractivity contribution in [1.82, 2.24) is 10.3 Å². The number of hydrogen-bond acceptors (Lipinski definition) is 3. The topological polar surface area (TPSA) is 95.7 Å². The third-order valence-corrected chi connectivity index (χ3v) is 1.97. The number of hydrogen-bond donors (Lipinski definition) is 2. The molecule has 13 heavy (non-hydrogen) atoms. The van der Waals surface area contributed by atoms with Crippen LogP contribution in [-0.2, 0) is 0 Å². The summed E-state index contributed by atoms with van der Waals surface area (Å²) < 4.78 is 0. The van der Waals surface area contributed by atoms with E-state index in [1.807, 2.05) is 0 Å². The second kappa shape index (κ2) is 3.92. The van der Waals surface area contributed by atoms with Crippen LogP contribution in [0.3, 0.4) is 0 Å². The number of nitro groups is 1. The lowest BCUT2D eigenvalue weighted by Crippen LogP contribution is -2.52. The molecule has 1 unspecified atom stereocenters. The highest BCUT2D eigenvalue weighted by atomic mass is 16.7. The molecule has 0 bridgehead atoms. The van der Waals surface area contributed by atoms with E-state index in [2.05, 4.69) is 5.32 Å². The summed E-state index contributed by atoms with van der Waals surface area (Å²) in [6.07, 6.45) is 0.140. The van der Waals surface area contributed by atoms with Crippen LogP contribution >= 0.6 is 0 Å². The molecule has 7 nitrogen and oxygen atoms in total. The smallest absolute Gasteiger partial charge is 0.406 e. The van der Waals surface area contributed by atoms with Gasteiger partial charge in [0, 0.05) is 0 Å². The number of carbonyl (C=O) groups is 1. The van der Waals surface area contributed by atoms with E-state index in [1.165, 1.54) is 0 Å². The molecule has 0 aromatic heterocycles. The van der Waals surface area contributed by atoms with Crippen molar-refractivity contribution in [2.24, 2.45) is 0 Å². The van der Waals surface area contributed by atoms with Crippen LogP contribution in [0.5, 0.6) is 0 Å². The lowest BCUT2D eigenvalue weighted by atomic mass is 10.1. The number of piperidine rings is 1. The van der Waals surface area contributed by atoms with E-state index in [0.717, 1.165) is 17.9 Å². The third-order valence-electron chi connectivity index (χ3n) is 1.97. The molecule has 1 aliphatic heterocycles. The molecule has 0 radical (unpaired) electrons. The van der Waals surface area contributed by atoms with Gasteiger partial charge in [-0.15, -0.1) is 5.01 Å². The largest absolute Gasteiger partial charge is 0.465 e. The molecule has 0 saturated carbocycles. The summed E-state index contributed by atoms with van der Waals surface area (Å²) in [5.41, 5.74) is 0. The van der Waals surface area contributed by atoms with Crippen LogP contribution in [0.1, 0.15) is 19.3 Å². The average Bonchev–Trinajstić information content (AvgIpc) is 2.03. The Morgan fingerprint density at radius 2 is 2.31 bits per heavy atom. The lowest BCUT2D eigenvalue weighted by molar-refractivity contribution is -0.667. The van der Waals surface area contributed by atoms with Crippen LogP contribution in [0.15, 0.2) is 0 Å². The predicted molar refractivity (Wildman–Crippen MR) is 42.5 cm³/mol. The molecule has 0 aromatic carbocycles. The number of nitrogens with one attached hydrogen (secondary N) is 1. The van der Waals surface area contributed by atoms with Crippen LogP contribution in [0.2, 0.25) is 0 Å². The highest BCUT2D eigenvalue weighted by Gasteiger charge is 2.30. The fourth-order valence-electron chi connectivity index (χ4n) is 1.40.